The summed E-state index contributed by atoms with van der Waals surface area (Å²) in [6.07, 6.45) is 3.51. The van der Waals surface area contributed by atoms with Crippen LogP contribution in [0.5, 0.6) is 0 Å². The maximum absolute atomic E-state index is 12.7. The summed E-state index contributed by atoms with van der Waals surface area (Å²) < 4.78 is 0. The number of halogens is 1. The molecule has 2 N–H and O–H groups in total. The van der Waals surface area contributed by atoms with Crippen LogP contribution >= 0.6 is 11.6 Å². The van der Waals surface area contributed by atoms with Crippen molar-refractivity contribution >= 4 is 17.5 Å². The molecule has 0 saturated carbocycles. The van der Waals surface area contributed by atoms with Gasteiger partial charge in [-0.2, -0.15) is 0 Å². The normalized spacial score (nSPS) is 18.8. The minimum Gasteiger partial charge on any atom is -0.388 e. The van der Waals surface area contributed by atoms with Crippen LogP contribution in [0.25, 0.3) is 22.3 Å². The van der Waals surface area contributed by atoms with E-state index in [9.17, 15) is 15.0 Å². The van der Waals surface area contributed by atoms with E-state index < -0.39 is 12.2 Å². The molecule has 0 bridgehead atoms. The van der Waals surface area contributed by atoms with Crippen LogP contribution in [0.1, 0.15) is 36.8 Å². The van der Waals surface area contributed by atoms with Crippen molar-refractivity contribution in [2.75, 3.05) is 13.1 Å². The van der Waals surface area contributed by atoms with Crippen LogP contribution in [0.2, 0.25) is 5.02 Å². The lowest BCUT2D eigenvalue weighted by molar-refractivity contribution is 0.0572. The Morgan fingerprint density at radius 1 is 1.00 bits per heavy atom. The summed E-state index contributed by atoms with van der Waals surface area (Å²) >= 11 is 6.55. The maximum Gasteiger partial charge on any atom is 0.254 e. The minimum atomic E-state index is -0.922. The first-order valence-electron chi connectivity index (χ1n) is 10.5. The van der Waals surface area contributed by atoms with Crippen LogP contribution < -0.4 is 0 Å². The smallest absolute Gasteiger partial charge is 0.254 e. The van der Waals surface area contributed by atoms with Gasteiger partial charge in [-0.15, -0.1) is 0 Å². The molecule has 1 fully saturated rings. The molecule has 0 aliphatic carbocycles. The molecule has 32 heavy (non-hydrogen) atoms. The number of carbonyl (C=O) groups excluding carboxylic acids is 1. The Bertz CT molecular complexity index is 1150. The van der Waals surface area contributed by atoms with Crippen molar-refractivity contribution in [3.63, 3.8) is 0 Å². The number of benzene rings is 1. The van der Waals surface area contributed by atoms with Gasteiger partial charge >= 0.3 is 0 Å². The van der Waals surface area contributed by atoms with Gasteiger partial charge in [0.25, 0.3) is 5.91 Å². The van der Waals surface area contributed by atoms with Crippen molar-refractivity contribution in [3.8, 4) is 22.3 Å². The molecule has 4 rings (SSSR count). The third-order valence-electron chi connectivity index (χ3n) is 5.67. The molecule has 1 amide bonds. The number of hydrogen-bond acceptors (Lipinski definition) is 5. The molecule has 3 aromatic rings. The average molecular weight is 452 g/mol. The first-order chi connectivity index (χ1) is 15.1. The Morgan fingerprint density at radius 2 is 1.69 bits per heavy atom. The van der Waals surface area contributed by atoms with Gasteiger partial charge in [-0.25, -0.2) is 0 Å². The van der Waals surface area contributed by atoms with E-state index in [1.807, 2.05) is 18.3 Å². The van der Waals surface area contributed by atoms with Gasteiger partial charge in [0.2, 0.25) is 0 Å². The molecule has 7 heteroatoms. The summed E-state index contributed by atoms with van der Waals surface area (Å²) in [4.78, 5) is 23.0. The van der Waals surface area contributed by atoms with E-state index in [0.29, 0.717) is 10.6 Å². The number of nitrogens with zero attached hydrogens (tertiary/aromatic N) is 3. The Kier molecular flexibility index (Phi) is 6.03. The van der Waals surface area contributed by atoms with Gasteiger partial charge in [-0.3, -0.25) is 14.8 Å². The lowest BCUT2D eigenvalue weighted by Gasteiger charge is -2.18. The molecule has 0 radical (unpaired) electrons. The van der Waals surface area contributed by atoms with Crippen molar-refractivity contribution < 1.29 is 15.0 Å². The zero-order valence-corrected chi connectivity index (χ0v) is 19.0. The van der Waals surface area contributed by atoms with E-state index in [1.165, 1.54) is 4.90 Å². The highest BCUT2D eigenvalue weighted by atomic mass is 35.5. The van der Waals surface area contributed by atoms with Crippen molar-refractivity contribution in [1.82, 2.24) is 14.9 Å². The van der Waals surface area contributed by atoms with Crippen LogP contribution in [-0.4, -0.2) is 56.3 Å². The van der Waals surface area contributed by atoms with E-state index in [0.717, 1.165) is 27.9 Å². The van der Waals surface area contributed by atoms with Crippen LogP contribution in [0, 0.1) is 0 Å². The summed E-state index contributed by atoms with van der Waals surface area (Å²) in [6.45, 7) is 6.58. The summed E-state index contributed by atoms with van der Waals surface area (Å²) in [6, 6.07) is 11.2. The first kappa shape index (κ1) is 22.4. The molecule has 2 aromatic heterocycles. The minimum absolute atomic E-state index is 0.0614. The molecular formula is C25H26ClN3O3. The number of amides is 1. The zero-order chi connectivity index (χ0) is 23.0. The van der Waals surface area contributed by atoms with Gasteiger partial charge in [0.15, 0.2) is 0 Å². The maximum atomic E-state index is 12.7. The molecule has 1 saturated heterocycles. The molecule has 2 unspecified atom stereocenters. The molecule has 1 aliphatic heterocycles. The monoisotopic (exact) mass is 451 g/mol. The molecule has 166 valence electrons. The fourth-order valence-electron chi connectivity index (χ4n) is 3.77. The van der Waals surface area contributed by atoms with Crippen LogP contribution in [0.3, 0.4) is 0 Å². The fraction of sp³-hybridized carbons (Fsp3) is 0.320. The van der Waals surface area contributed by atoms with Crippen LogP contribution in [0.4, 0.5) is 0 Å². The van der Waals surface area contributed by atoms with E-state index in [-0.39, 0.29) is 24.4 Å². The third kappa shape index (κ3) is 4.53. The van der Waals surface area contributed by atoms with E-state index >= 15 is 0 Å². The van der Waals surface area contributed by atoms with E-state index in [2.05, 4.69) is 36.8 Å². The second-order valence-corrected chi connectivity index (χ2v) is 9.59. The number of β-amino-alcohol motifs (C(OH)–C–C–N with tert-alkyl or cyclic N) is 2. The highest BCUT2D eigenvalue weighted by molar-refractivity contribution is 6.33. The standard InChI is InChI=1S/C25H26ClN3O3/c1-25(2,3)23-10-15(6-7-28-23)17-8-18(12-27-11-17)19-5-4-16(9-20(19)26)24(32)29-13-21(30)22(31)14-29/h4-12,21-22,30-31H,13-14H2,1-3H3. The van der Waals surface area contributed by atoms with Crippen molar-refractivity contribution in [2.45, 2.75) is 38.4 Å². The lowest BCUT2D eigenvalue weighted by Crippen LogP contribution is -2.29. The number of rotatable bonds is 3. The number of likely N-dealkylation sites (tertiary alicyclic amines) is 1. The zero-order valence-electron chi connectivity index (χ0n) is 18.3. The number of pyridine rings is 2. The average Bonchev–Trinajstić information content (AvgIpc) is 3.11. The highest BCUT2D eigenvalue weighted by Gasteiger charge is 2.33. The number of aliphatic hydroxyl groups is 2. The summed E-state index contributed by atoms with van der Waals surface area (Å²) in [7, 11) is 0. The van der Waals surface area contributed by atoms with Crippen LogP contribution in [-0.2, 0) is 5.41 Å². The number of carbonyl (C=O) groups is 1. The predicted molar refractivity (Wildman–Crippen MR) is 125 cm³/mol. The summed E-state index contributed by atoms with van der Waals surface area (Å²) in [5, 5.41) is 19.9. The van der Waals surface area contributed by atoms with Gasteiger partial charge < -0.3 is 15.1 Å². The second kappa shape index (κ2) is 8.62. The molecule has 1 aromatic carbocycles. The second-order valence-electron chi connectivity index (χ2n) is 9.18. The number of hydrogen-bond donors (Lipinski definition) is 2. The first-order valence-corrected chi connectivity index (χ1v) is 10.9. The topological polar surface area (TPSA) is 86.6 Å². The Hall–Kier alpha value is -2.80. The molecule has 2 atom stereocenters. The molecule has 3 heterocycles. The number of aromatic nitrogens is 2. The Balaban J connectivity index is 1.62. The van der Waals surface area contributed by atoms with Crippen molar-refractivity contribution in [1.29, 1.82) is 0 Å². The molecule has 1 aliphatic rings. The molecule has 0 spiro atoms. The van der Waals surface area contributed by atoms with Gasteiger partial charge in [-0.05, 0) is 35.9 Å². The van der Waals surface area contributed by atoms with E-state index in [1.54, 1.807) is 30.6 Å². The van der Waals surface area contributed by atoms with Gasteiger partial charge in [0, 0.05) is 70.1 Å². The van der Waals surface area contributed by atoms with Crippen LogP contribution in [0.15, 0.2) is 55.0 Å². The largest absolute Gasteiger partial charge is 0.388 e. The molecular weight excluding hydrogens is 426 g/mol. The van der Waals surface area contributed by atoms with Gasteiger partial charge in [-0.1, -0.05) is 38.4 Å². The van der Waals surface area contributed by atoms with Crippen molar-refractivity contribution in [3.05, 3.63) is 71.3 Å². The Labute approximate surface area is 192 Å². The van der Waals surface area contributed by atoms with Crippen molar-refractivity contribution in [2.24, 2.45) is 0 Å². The van der Waals surface area contributed by atoms with Gasteiger partial charge in [0.1, 0.15) is 0 Å². The lowest BCUT2D eigenvalue weighted by atomic mass is 9.90. The number of aliphatic hydroxyl groups excluding tert-OH is 2. The quantitative estimate of drug-likeness (QED) is 0.629. The third-order valence-corrected chi connectivity index (χ3v) is 5.99. The Morgan fingerprint density at radius 3 is 2.34 bits per heavy atom. The summed E-state index contributed by atoms with van der Waals surface area (Å²) in [5.41, 5.74) is 4.93. The predicted octanol–water partition coefficient (Wildman–Crippen LogP) is 3.94. The molecule has 6 nitrogen and oxygen atoms in total. The highest BCUT2D eigenvalue weighted by Crippen LogP contribution is 2.32. The fourth-order valence-corrected chi connectivity index (χ4v) is 4.06. The van der Waals surface area contributed by atoms with Gasteiger partial charge in [0.05, 0.1) is 12.2 Å². The summed E-state index contributed by atoms with van der Waals surface area (Å²) in [5.74, 6) is -0.271. The van der Waals surface area contributed by atoms with E-state index in [4.69, 9.17) is 11.6 Å². The SMILES string of the molecule is CC(C)(C)c1cc(-c2cncc(-c3ccc(C(=O)N4CC(O)C(O)C4)cc3Cl)c2)ccn1.